The molecule has 0 bridgehead atoms. The molecule has 2 atom stereocenters. The average molecular weight is 595 g/mol. The number of aromatic amines is 1. The van der Waals surface area contributed by atoms with Crippen molar-refractivity contribution in [1.29, 1.82) is 5.26 Å². The zero-order valence-electron chi connectivity index (χ0n) is 25.9. The topological polar surface area (TPSA) is 137 Å². The van der Waals surface area contributed by atoms with Gasteiger partial charge in [0.15, 0.2) is 5.65 Å². The van der Waals surface area contributed by atoms with Gasteiger partial charge in [-0.15, -0.1) is 0 Å². The first-order valence-corrected chi connectivity index (χ1v) is 15.0. The molecule has 11 heteroatoms. The Labute approximate surface area is 252 Å². The van der Waals surface area contributed by atoms with Gasteiger partial charge in [0.25, 0.3) is 0 Å². The van der Waals surface area contributed by atoms with Crippen LogP contribution >= 0.6 is 0 Å². The summed E-state index contributed by atoms with van der Waals surface area (Å²) in [5, 5.41) is 13.1. The van der Waals surface area contributed by atoms with Crippen LogP contribution in [-0.2, 0) is 4.74 Å². The molecule has 1 aliphatic carbocycles. The molecule has 3 aromatic rings. The van der Waals surface area contributed by atoms with Crippen molar-refractivity contribution in [2.24, 2.45) is 17.8 Å². The van der Waals surface area contributed by atoms with Gasteiger partial charge in [0.1, 0.15) is 40.4 Å². The zero-order chi connectivity index (χ0) is 31.1. The molecule has 1 N–H and O–H groups in total. The summed E-state index contributed by atoms with van der Waals surface area (Å²) in [7, 11) is 4.25. The van der Waals surface area contributed by atoms with Crippen molar-refractivity contribution in [3.8, 4) is 29.5 Å². The van der Waals surface area contributed by atoms with E-state index in [1.807, 2.05) is 6.07 Å². The summed E-state index contributed by atoms with van der Waals surface area (Å²) in [6.45, 7) is 6.59. The Morgan fingerprint density at radius 3 is 2.09 bits per heavy atom. The third-order valence-electron chi connectivity index (χ3n) is 8.29. The first-order chi connectivity index (χ1) is 20.8. The van der Waals surface area contributed by atoms with Crippen molar-refractivity contribution in [2.45, 2.75) is 78.2 Å². The van der Waals surface area contributed by atoms with E-state index in [9.17, 15) is 14.9 Å². The number of hydrogen-bond donors (Lipinski definition) is 1. The number of benzene rings is 1. The summed E-state index contributed by atoms with van der Waals surface area (Å²) >= 11 is 0. The van der Waals surface area contributed by atoms with Crippen molar-refractivity contribution in [3.05, 3.63) is 34.9 Å². The van der Waals surface area contributed by atoms with Crippen LogP contribution < -0.4 is 18.9 Å². The van der Waals surface area contributed by atoms with Crippen LogP contribution in [0.5, 0.6) is 23.4 Å². The maximum atomic E-state index is 14.0. The van der Waals surface area contributed by atoms with Gasteiger partial charge in [-0.05, 0) is 55.6 Å². The average Bonchev–Trinajstić information content (AvgIpc) is 3.56. The van der Waals surface area contributed by atoms with Crippen LogP contribution in [-0.4, -0.2) is 54.0 Å². The first kappa shape index (κ1) is 31.7. The number of carbonyl (C=O) groups is 2. The van der Waals surface area contributed by atoms with E-state index in [2.05, 4.69) is 30.9 Å². The van der Waals surface area contributed by atoms with Crippen molar-refractivity contribution in [2.75, 3.05) is 21.3 Å². The summed E-state index contributed by atoms with van der Waals surface area (Å²) in [4.78, 5) is 31.9. The number of nitriles is 1. The van der Waals surface area contributed by atoms with Crippen molar-refractivity contribution in [1.82, 2.24) is 14.6 Å². The largest absolute Gasteiger partial charge is 0.496 e. The number of rotatable bonds is 13. The highest BCUT2D eigenvalue weighted by molar-refractivity contribution is 6.02. The van der Waals surface area contributed by atoms with E-state index in [0.717, 1.165) is 51.4 Å². The van der Waals surface area contributed by atoms with E-state index in [1.54, 1.807) is 18.2 Å². The molecule has 2 unspecified atom stereocenters. The number of carbonyl (C=O) groups excluding carboxylic acids is 2. The van der Waals surface area contributed by atoms with Gasteiger partial charge in [0.05, 0.1) is 21.3 Å². The predicted octanol–water partition coefficient (Wildman–Crippen LogP) is 6.35. The Morgan fingerprint density at radius 1 is 0.977 bits per heavy atom. The Bertz CT molecular complexity index is 1430. The minimum absolute atomic E-state index is 0.0239. The molecule has 1 fully saturated rings. The highest BCUT2D eigenvalue weighted by Crippen LogP contribution is 2.42. The summed E-state index contributed by atoms with van der Waals surface area (Å²) in [5.41, 5.74) is -0.171. The number of fused-ring (bicyclic) bond motifs is 1. The maximum Gasteiger partial charge on any atom is 0.352 e. The molecular weight excluding hydrogens is 552 g/mol. The second-order valence-corrected chi connectivity index (χ2v) is 11.2. The van der Waals surface area contributed by atoms with Crippen LogP contribution in [0.4, 0.5) is 0 Å². The van der Waals surface area contributed by atoms with Gasteiger partial charge in [-0.25, -0.2) is 14.7 Å². The fourth-order valence-corrected chi connectivity index (χ4v) is 6.30. The van der Waals surface area contributed by atoms with Gasteiger partial charge in [-0.2, -0.15) is 14.8 Å². The van der Waals surface area contributed by atoms with E-state index in [4.69, 9.17) is 23.7 Å². The van der Waals surface area contributed by atoms with Crippen LogP contribution in [0.2, 0.25) is 0 Å². The summed E-state index contributed by atoms with van der Waals surface area (Å²) in [6.07, 6.45) is 7.84. The molecule has 1 aliphatic rings. The van der Waals surface area contributed by atoms with Gasteiger partial charge < -0.3 is 23.7 Å². The van der Waals surface area contributed by atoms with Gasteiger partial charge in [0, 0.05) is 0 Å². The van der Waals surface area contributed by atoms with E-state index in [-0.39, 0.29) is 63.7 Å². The smallest absolute Gasteiger partial charge is 0.352 e. The fraction of sp³-hybridized carbons (Fsp3) is 0.562. The predicted molar refractivity (Wildman–Crippen MR) is 159 cm³/mol. The molecular formula is C32H42N4O7. The summed E-state index contributed by atoms with van der Waals surface area (Å²) in [5.74, 6) is -0.310. The molecule has 0 spiro atoms. The number of H-pyrrole nitrogens is 1. The molecule has 11 nitrogen and oxygen atoms in total. The first-order valence-electron chi connectivity index (χ1n) is 15.0. The Balaban J connectivity index is 1.76. The molecule has 1 aromatic carbocycles. The number of esters is 2. The molecule has 0 saturated heterocycles. The molecule has 2 aromatic heterocycles. The lowest BCUT2D eigenvalue weighted by molar-refractivity contribution is -0.0393. The zero-order valence-corrected chi connectivity index (χ0v) is 25.9. The number of hydrogen-bond acceptors (Lipinski definition) is 9. The van der Waals surface area contributed by atoms with Crippen molar-refractivity contribution < 1.29 is 33.3 Å². The summed E-state index contributed by atoms with van der Waals surface area (Å²) in [6, 6.07) is 6.97. The van der Waals surface area contributed by atoms with Gasteiger partial charge in [-0.1, -0.05) is 52.5 Å². The van der Waals surface area contributed by atoms with E-state index >= 15 is 0 Å². The summed E-state index contributed by atoms with van der Waals surface area (Å²) < 4.78 is 29.3. The lowest BCUT2D eigenvalue weighted by Gasteiger charge is -2.40. The molecule has 1 saturated carbocycles. The lowest BCUT2D eigenvalue weighted by atomic mass is 9.70. The Morgan fingerprint density at radius 2 is 1.58 bits per heavy atom. The Kier molecular flexibility index (Phi) is 10.6. The van der Waals surface area contributed by atoms with Crippen molar-refractivity contribution >= 4 is 17.6 Å². The number of methoxy groups -OCH3 is 3. The molecule has 4 rings (SSSR count). The van der Waals surface area contributed by atoms with Gasteiger partial charge in [0.2, 0.25) is 5.88 Å². The van der Waals surface area contributed by atoms with Crippen LogP contribution in [0.1, 0.15) is 98.4 Å². The molecule has 0 amide bonds. The molecule has 2 heterocycles. The van der Waals surface area contributed by atoms with Crippen LogP contribution in [0.3, 0.4) is 0 Å². The van der Waals surface area contributed by atoms with Crippen LogP contribution in [0.25, 0.3) is 5.65 Å². The van der Waals surface area contributed by atoms with E-state index in [0.29, 0.717) is 5.92 Å². The molecule has 232 valence electrons. The SMILES string of the molecule is CCCCC1CC(C)CC(CCCC)C1OC(=O)c1c(C#N)c(OC(=O)c2c(OC)cccc2OC)n2[nH]c(OC)nc12. The number of ether oxygens (including phenoxy) is 5. The maximum absolute atomic E-state index is 14.0. The third-order valence-corrected chi connectivity index (χ3v) is 8.29. The number of nitrogens with one attached hydrogen (secondary N) is 1. The lowest BCUT2D eigenvalue weighted by Crippen LogP contribution is -2.40. The van der Waals surface area contributed by atoms with Crippen LogP contribution in [0, 0.1) is 29.1 Å². The molecule has 43 heavy (non-hydrogen) atoms. The van der Waals surface area contributed by atoms with Crippen LogP contribution in [0.15, 0.2) is 18.2 Å². The molecule has 0 radical (unpaired) electrons. The quantitative estimate of drug-likeness (QED) is 0.224. The second-order valence-electron chi connectivity index (χ2n) is 11.2. The van der Waals surface area contributed by atoms with Gasteiger partial charge in [-0.3, -0.25) is 0 Å². The normalized spacial score (nSPS) is 19.9. The molecule has 0 aliphatic heterocycles. The minimum Gasteiger partial charge on any atom is -0.496 e. The van der Waals surface area contributed by atoms with E-state index in [1.165, 1.54) is 25.8 Å². The van der Waals surface area contributed by atoms with Gasteiger partial charge >= 0.3 is 17.9 Å². The number of unbranched alkanes of at least 4 members (excludes halogenated alkanes) is 2. The fourth-order valence-electron chi connectivity index (χ4n) is 6.30. The number of nitrogens with zero attached hydrogens (tertiary/aromatic N) is 3. The Hall–Kier alpha value is -4.20. The van der Waals surface area contributed by atoms with E-state index < -0.39 is 11.9 Å². The standard InChI is InChI=1S/C32H42N4O7/c1-7-9-12-20-16-19(3)17-21(13-10-8-2)27(20)42-30(37)25-22(18-33)29(36-28(25)34-32(35-36)41-6)43-31(38)26-23(39-4)14-11-15-24(26)40-5/h11,14-15,19-21,27H,7-10,12-13,16-17H2,1-6H3,(H,34,35). The number of aromatic nitrogens is 3. The minimum atomic E-state index is -0.848. The second kappa shape index (κ2) is 14.3. The highest BCUT2D eigenvalue weighted by Gasteiger charge is 2.40. The third kappa shape index (κ3) is 6.58. The monoisotopic (exact) mass is 594 g/mol. The van der Waals surface area contributed by atoms with Crippen molar-refractivity contribution in [3.63, 3.8) is 0 Å². The highest BCUT2D eigenvalue weighted by atomic mass is 16.6.